The van der Waals surface area contributed by atoms with Crippen molar-refractivity contribution in [3.8, 4) is 23.0 Å². The van der Waals surface area contributed by atoms with Crippen molar-refractivity contribution in [3.63, 3.8) is 0 Å². The molecule has 5 rings (SSSR count). The second kappa shape index (κ2) is 10.3. The summed E-state index contributed by atoms with van der Waals surface area (Å²) in [4.78, 5) is 13.6. The average Bonchev–Trinajstić information content (AvgIpc) is 3.58. The fourth-order valence-corrected chi connectivity index (χ4v) is 4.69. The van der Waals surface area contributed by atoms with Gasteiger partial charge in [-0.1, -0.05) is 66.4 Å². The van der Waals surface area contributed by atoms with Gasteiger partial charge < -0.3 is 14.5 Å². The molecule has 0 saturated carbocycles. The summed E-state index contributed by atoms with van der Waals surface area (Å²) in [5.41, 5.74) is 2.36. The van der Waals surface area contributed by atoms with Crippen LogP contribution in [0.3, 0.4) is 0 Å². The lowest BCUT2D eigenvalue weighted by atomic mass is 10.1. The molecule has 0 aliphatic carbocycles. The number of ether oxygens (including phenoxy) is 1. The molecule has 174 valence electrons. The smallest absolute Gasteiger partial charge is 0.242 e. The summed E-state index contributed by atoms with van der Waals surface area (Å²) in [6, 6.07) is 30.3. The third-order valence-electron chi connectivity index (χ3n) is 5.29. The highest BCUT2D eigenvalue weighted by molar-refractivity contribution is 8.00. The van der Waals surface area contributed by atoms with Gasteiger partial charge >= 0.3 is 0 Å². The normalized spacial score (nSPS) is 11.7. The van der Waals surface area contributed by atoms with Crippen LogP contribution in [0, 0.1) is 0 Å². The predicted octanol–water partition coefficient (Wildman–Crippen LogP) is 6.01. The van der Waals surface area contributed by atoms with Crippen molar-refractivity contribution in [3.05, 3.63) is 109 Å². The van der Waals surface area contributed by atoms with Gasteiger partial charge in [0.05, 0.1) is 13.4 Å². The van der Waals surface area contributed by atoms with E-state index in [9.17, 15) is 4.79 Å². The topological polar surface area (TPSA) is 82.2 Å². The van der Waals surface area contributed by atoms with E-state index in [4.69, 9.17) is 9.15 Å². The molecule has 1 N–H and O–H groups in total. The molecule has 0 fully saturated rings. The number of carbonyl (C=O) groups is 1. The van der Waals surface area contributed by atoms with Crippen molar-refractivity contribution >= 4 is 23.4 Å². The van der Waals surface area contributed by atoms with Crippen LogP contribution >= 0.6 is 11.8 Å². The van der Waals surface area contributed by atoms with Crippen molar-refractivity contribution < 1.29 is 13.9 Å². The highest BCUT2D eigenvalue weighted by Crippen LogP contribution is 2.38. The molecule has 0 radical (unpaired) electrons. The first kappa shape index (κ1) is 22.5. The number of hydrogen-bond donors (Lipinski definition) is 1. The van der Waals surface area contributed by atoms with Gasteiger partial charge in [0, 0.05) is 17.4 Å². The van der Waals surface area contributed by atoms with Crippen LogP contribution in [0.25, 0.3) is 17.3 Å². The predicted molar refractivity (Wildman–Crippen MR) is 136 cm³/mol. The van der Waals surface area contributed by atoms with E-state index < -0.39 is 5.25 Å². The number of benzene rings is 3. The third-order valence-corrected chi connectivity index (χ3v) is 6.49. The van der Waals surface area contributed by atoms with E-state index in [1.165, 1.54) is 11.8 Å². The van der Waals surface area contributed by atoms with Crippen LogP contribution in [0.5, 0.6) is 5.75 Å². The number of carbonyl (C=O) groups excluding carboxylic acids is 1. The van der Waals surface area contributed by atoms with Crippen LogP contribution in [0.2, 0.25) is 0 Å². The lowest BCUT2D eigenvalue weighted by Gasteiger charge is -2.18. The Labute approximate surface area is 206 Å². The first-order valence-corrected chi connectivity index (χ1v) is 11.8. The number of aromatic nitrogens is 3. The second-order valence-corrected chi connectivity index (χ2v) is 8.66. The number of methoxy groups -OCH3 is 1. The number of hydrogen-bond acceptors (Lipinski definition) is 6. The zero-order chi connectivity index (χ0) is 24.0. The van der Waals surface area contributed by atoms with E-state index in [2.05, 4.69) is 15.5 Å². The number of rotatable bonds is 8. The number of nitrogens with one attached hydrogen (secondary N) is 1. The quantitative estimate of drug-likeness (QED) is 0.273. The zero-order valence-electron chi connectivity index (χ0n) is 18.9. The highest BCUT2D eigenvalue weighted by atomic mass is 32.2. The molecule has 0 unspecified atom stereocenters. The minimum atomic E-state index is -0.585. The third kappa shape index (κ3) is 4.97. The minimum Gasteiger partial charge on any atom is -0.497 e. The fourth-order valence-electron chi connectivity index (χ4n) is 3.64. The molecule has 0 aliphatic heterocycles. The van der Waals surface area contributed by atoms with Gasteiger partial charge in [-0.15, -0.1) is 10.2 Å². The number of para-hydroxylation sites is 1. The molecule has 8 heteroatoms. The van der Waals surface area contributed by atoms with Gasteiger partial charge in [0.2, 0.25) is 11.7 Å². The maximum atomic E-state index is 13.6. The van der Waals surface area contributed by atoms with Crippen molar-refractivity contribution in [1.82, 2.24) is 14.8 Å². The highest BCUT2D eigenvalue weighted by Gasteiger charge is 2.27. The number of furan rings is 1. The molecule has 5 aromatic rings. The summed E-state index contributed by atoms with van der Waals surface area (Å²) in [7, 11) is 1.59. The van der Waals surface area contributed by atoms with Crippen molar-refractivity contribution in [2.24, 2.45) is 0 Å². The molecule has 35 heavy (non-hydrogen) atoms. The molecule has 1 amide bonds. The van der Waals surface area contributed by atoms with Crippen LogP contribution in [0.15, 0.2) is 113 Å². The van der Waals surface area contributed by atoms with Gasteiger partial charge in [0.1, 0.15) is 11.0 Å². The fraction of sp³-hybridized carbons (Fsp3) is 0.0741. The van der Waals surface area contributed by atoms with Gasteiger partial charge in [-0.25, -0.2) is 0 Å². The maximum Gasteiger partial charge on any atom is 0.242 e. The summed E-state index contributed by atoms with van der Waals surface area (Å²) in [6.45, 7) is 0. The first-order chi connectivity index (χ1) is 17.2. The molecule has 0 bridgehead atoms. The SMILES string of the molecule is COc1cccc(NC(=O)[C@H](Sc2nnc(-c3ccco3)n2-c2ccccc2)c2ccccc2)c1. The molecule has 3 aromatic carbocycles. The molecule has 0 spiro atoms. The summed E-state index contributed by atoms with van der Waals surface area (Å²) in [5.74, 6) is 1.63. The van der Waals surface area contributed by atoms with E-state index in [0.717, 1.165) is 11.3 Å². The van der Waals surface area contributed by atoms with E-state index >= 15 is 0 Å². The van der Waals surface area contributed by atoms with Crippen LogP contribution in [0.4, 0.5) is 5.69 Å². The Balaban J connectivity index is 1.53. The van der Waals surface area contributed by atoms with Crippen LogP contribution in [-0.2, 0) is 4.79 Å². The minimum absolute atomic E-state index is 0.184. The molecular weight excluding hydrogens is 460 g/mol. The van der Waals surface area contributed by atoms with E-state index in [0.29, 0.717) is 28.2 Å². The molecule has 2 aromatic heterocycles. The van der Waals surface area contributed by atoms with Crippen LogP contribution in [0.1, 0.15) is 10.8 Å². The molecule has 1 atom stereocenters. The van der Waals surface area contributed by atoms with Crippen molar-refractivity contribution in [2.75, 3.05) is 12.4 Å². The molecule has 7 nitrogen and oxygen atoms in total. The molecule has 0 aliphatic rings. The number of anilines is 1. The van der Waals surface area contributed by atoms with E-state index in [1.54, 1.807) is 25.5 Å². The van der Waals surface area contributed by atoms with Gasteiger partial charge in [0.15, 0.2) is 10.9 Å². The van der Waals surface area contributed by atoms with Gasteiger partial charge in [0.25, 0.3) is 0 Å². The van der Waals surface area contributed by atoms with Crippen LogP contribution < -0.4 is 10.1 Å². The average molecular weight is 483 g/mol. The second-order valence-electron chi connectivity index (χ2n) is 7.58. The van der Waals surface area contributed by atoms with Gasteiger partial charge in [-0.3, -0.25) is 9.36 Å². The zero-order valence-corrected chi connectivity index (χ0v) is 19.7. The number of thioether (sulfide) groups is 1. The lowest BCUT2D eigenvalue weighted by molar-refractivity contribution is -0.115. The van der Waals surface area contributed by atoms with Gasteiger partial charge in [-0.05, 0) is 42.0 Å². The van der Waals surface area contributed by atoms with E-state index in [-0.39, 0.29) is 5.91 Å². The number of nitrogens with zero attached hydrogens (tertiary/aromatic N) is 3. The van der Waals surface area contributed by atoms with Crippen LogP contribution in [-0.4, -0.2) is 27.8 Å². The molecular formula is C27H22N4O3S. The summed E-state index contributed by atoms with van der Waals surface area (Å²) < 4.78 is 12.8. The first-order valence-electron chi connectivity index (χ1n) is 10.9. The molecule has 0 saturated heterocycles. The molecule has 2 heterocycles. The Kier molecular flexibility index (Phi) is 6.63. The van der Waals surface area contributed by atoms with Crippen molar-refractivity contribution in [2.45, 2.75) is 10.4 Å². The summed E-state index contributed by atoms with van der Waals surface area (Å²) >= 11 is 1.32. The number of amides is 1. The Hall–Kier alpha value is -4.30. The van der Waals surface area contributed by atoms with Crippen molar-refractivity contribution in [1.29, 1.82) is 0 Å². The standard InChI is InChI=1S/C27H22N4O3S/c1-33-22-15-8-12-20(18-22)28-26(32)24(19-10-4-2-5-11-19)35-27-30-29-25(23-16-9-17-34-23)31(27)21-13-6-3-7-14-21/h2-18,24H,1H3,(H,28,32)/t24-/m1/s1. The summed E-state index contributed by atoms with van der Waals surface area (Å²) in [5, 5.41) is 11.8. The Morgan fingerprint density at radius 1 is 0.943 bits per heavy atom. The summed E-state index contributed by atoms with van der Waals surface area (Å²) in [6.07, 6.45) is 1.60. The Morgan fingerprint density at radius 2 is 1.71 bits per heavy atom. The Bertz CT molecular complexity index is 1400. The van der Waals surface area contributed by atoms with Gasteiger partial charge in [-0.2, -0.15) is 0 Å². The van der Waals surface area contributed by atoms with E-state index in [1.807, 2.05) is 89.5 Å². The largest absolute Gasteiger partial charge is 0.497 e. The lowest BCUT2D eigenvalue weighted by Crippen LogP contribution is -2.19. The maximum absolute atomic E-state index is 13.6. The Morgan fingerprint density at radius 3 is 2.43 bits per heavy atom. The monoisotopic (exact) mass is 482 g/mol.